The molecular weight excluding hydrogens is 216 g/mol. The van der Waals surface area contributed by atoms with Gasteiger partial charge in [0.15, 0.2) is 0 Å². The highest BCUT2D eigenvalue weighted by Gasteiger charge is 2.05. The van der Waals surface area contributed by atoms with Crippen LogP contribution in [0.4, 0.5) is 0 Å². The molecule has 0 aliphatic rings. The Kier molecular flexibility index (Phi) is 4.97. The third-order valence-electron chi connectivity index (χ3n) is 2.34. The SMILES string of the molecule is COc1cc(C)cc(CNC(=O)CC(C)N)c1. The minimum Gasteiger partial charge on any atom is -0.497 e. The van der Waals surface area contributed by atoms with E-state index in [9.17, 15) is 4.79 Å². The first-order chi connectivity index (χ1) is 8.01. The van der Waals surface area contributed by atoms with Gasteiger partial charge >= 0.3 is 0 Å². The Hall–Kier alpha value is -1.55. The molecule has 1 amide bonds. The van der Waals surface area contributed by atoms with E-state index in [1.54, 1.807) is 7.11 Å². The molecule has 4 heteroatoms. The molecule has 1 aromatic carbocycles. The van der Waals surface area contributed by atoms with E-state index in [4.69, 9.17) is 10.5 Å². The maximum Gasteiger partial charge on any atom is 0.221 e. The van der Waals surface area contributed by atoms with Gasteiger partial charge < -0.3 is 15.8 Å². The number of amides is 1. The lowest BCUT2D eigenvalue weighted by molar-refractivity contribution is -0.121. The molecule has 0 aromatic heterocycles. The first kappa shape index (κ1) is 13.5. The van der Waals surface area contributed by atoms with Crippen molar-refractivity contribution in [2.75, 3.05) is 7.11 Å². The second-order valence-corrected chi connectivity index (χ2v) is 4.32. The van der Waals surface area contributed by atoms with Gasteiger partial charge in [0.25, 0.3) is 0 Å². The summed E-state index contributed by atoms with van der Waals surface area (Å²) < 4.78 is 5.17. The molecule has 94 valence electrons. The van der Waals surface area contributed by atoms with E-state index in [0.29, 0.717) is 13.0 Å². The molecule has 0 spiro atoms. The summed E-state index contributed by atoms with van der Waals surface area (Å²) in [6, 6.07) is 5.78. The molecule has 1 unspecified atom stereocenters. The van der Waals surface area contributed by atoms with Crippen molar-refractivity contribution in [2.45, 2.75) is 32.9 Å². The van der Waals surface area contributed by atoms with Gasteiger partial charge in [-0.2, -0.15) is 0 Å². The number of methoxy groups -OCH3 is 1. The fourth-order valence-electron chi connectivity index (χ4n) is 1.61. The smallest absolute Gasteiger partial charge is 0.221 e. The average Bonchev–Trinajstić information content (AvgIpc) is 2.24. The number of aryl methyl sites for hydroxylation is 1. The zero-order valence-electron chi connectivity index (χ0n) is 10.6. The monoisotopic (exact) mass is 236 g/mol. The van der Waals surface area contributed by atoms with Crippen LogP contribution >= 0.6 is 0 Å². The zero-order chi connectivity index (χ0) is 12.8. The molecular formula is C13H20N2O2. The van der Waals surface area contributed by atoms with Crippen molar-refractivity contribution in [1.82, 2.24) is 5.32 Å². The Morgan fingerprint density at radius 1 is 1.47 bits per heavy atom. The van der Waals surface area contributed by atoms with Crippen LogP contribution in [0, 0.1) is 6.92 Å². The molecule has 0 aliphatic carbocycles. The molecule has 0 heterocycles. The van der Waals surface area contributed by atoms with Crippen molar-refractivity contribution in [1.29, 1.82) is 0 Å². The van der Waals surface area contributed by atoms with Crippen LogP contribution in [0.25, 0.3) is 0 Å². The minimum atomic E-state index is -0.109. The van der Waals surface area contributed by atoms with Crippen LogP contribution in [-0.4, -0.2) is 19.1 Å². The number of carbonyl (C=O) groups is 1. The van der Waals surface area contributed by atoms with Crippen molar-refractivity contribution in [3.8, 4) is 5.75 Å². The second kappa shape index (κ2) is 6.25. The number of rotatable bonds is 5. The third-order valence-corrected chi connectivity index (χ3v) is 2.34. The highest BCUT2D eigenvalue weighted by atomic mass is 16.5. The van der Waals surface area contributed by atoms with Crippen molar-refractivity contribution >= 4 is 5.91 Å². The van der Waals surface area contributed by atoms with Crippen molar-refractivity contribution < 1.29 is 9.53 Å². The van der Waals surface area contributed by atoms with Crippen LogP contribution in [0.2, 0.25) is 0 Å². The molecule has 3 N–H and O–H groups in total. The number of carbonyl (C=O) groups excluding carboxylic acids is 1. The summed E-state index contributed by atoms with van der Waals surface area (Å²) in [5.41, 5.74) is 7.69. The Morgan fingerprint density at radius 2 is 2.18 bits per heavy atom. The van der Waals surface area contributed by atoms with Crippen molar-refractivity contribution in [3.05, 3.63) is 29.3 Å². The minimum absolute atomic E-state index is 0.0273. The maximum absolute atomic E-state index is 11.4. The van der Waals surface area contributed by atoms with E-state index in [-0.39, 0.29) is 11.9 Å². The summed E-state index contributed by atoms with van der Waals surface area (Å²) >= 11 is 0. The molecule has 0 saturated carbocycles. The molecule has 4 nitrogen and oxygen atoms in total. The largest absolute Gasteiger partial charge is 0.497 e. The number of hydrogen-bond acceptors (Lipinski definition) is 3. The Labute approximate surface area is 102 Å². The Morgan fingerprint density at radius 3 is 2.76 bits per heavy atom. The van der Waals surface area contributed by atoms with E-state index in [1.165, 1.54) is 0 Å². The number of nitrogens with two attached hydrogens (primary N) is 1. The first-order valence-corrected chi connectivity index (χ1v) is 5.68. The lowest BCUT2D eigenvalue weighted by atomic mass is 10.1. The predicted octanol–water partition coefficient (Wildman–Crippen LogP) is 1.36. The summed E-state index contributed by atoms with van der Waals surface area (Å²) in [7, 11) is 1.63. The molecule has 1 aromatic rings. The Bertz CT molecular complexity index is 389. The van der Waals surface area contributed by atoms with Crippen LogP contribution in [0.15, 0.2) is 18.2 Å². The van der Waals surface area contributed by atoms with Gasteiger partial charge in [-0.05, 0) is 37.1 Å². The summed E-state index contributed by atoms with van der Waals surface area (Å²) in [6.45, 7) is 4.31. The highest BCUT2D eigenvalue weighted by molar-refractivity contribution is 5.76. The number of nitrogens with one attached hydrogen (secondary N) is 1. The quantitative estimate of drug-likeness (QED) is 0.811. The van der Waals surface area contributed by atoms with Gasteiger partial charge in [0.1, 0.15) is 5.75 Å². The summed E-state index contributed by atoms with van der Waals surface area (Å²) in [4.78, 5) is 11.4. The van der Waals surface area contributed by atoms with E-state index >= 15 is 0 Å². The normalized spacial score (nSPS) is 12.0. The summed E-state index contributed by atoms with van der Waals surface area (Å²) in [6.07, 6.45) is 0.350. The third kappa shape index (κ3) is 4.87. The van der Waals surface area contributed by atoms with Gasteiger partial charge in [0.05, 0.1) is 7.11 Å². The second-order valence-electron chi connectivity index (χ2n) is 4.32. The van der Waals surface area contributed by atoms with Crippen molar-refractivity contribution in [3.63, 3.8) is 0 Å². The molecule has 0 aliphatic heterocycles. The van der Waals surface area contributed by atoms with Gasteiger partial charge in [-0.1, -0.05) is 6.07 Å². The van der Waals surface area contributed by atoms with E-state index in [0.717, 1.165) is 16.9 Å². The van der Waals surface area contributed by atoms with Crippen LogP contribution in [0.5, 0.6) is 5.75 Å². The highest BCUT2D eigenvalue weighted by Crippen LogP contribution is 2.16. The molecule has 0 bridgehead atoms. The first-order valence-electron chi connectivity index (χ1n) is 5.68. The maximum atomic E-state index is 11.4. The van der Waals surface area contributed by atoms with Crippen molar-refractivity contribution in [2.24, 2.45) is 5.73 Å². The molecule has 17 heavy (non-hydrogen) atoms. The van der Waals surface area contributed by atoms with E-state index in [2.05, 4.69) is 5.32 Å². The predicted molar refractivity (Wildman–Crippen MR) is 67.8 cm³/mol. The van der Waals surface area contributed by atoms with Crippen LogP contribution in [0.1, 0.15) is 24.5 Å². The topological polar surface area (TPSA) is 64.3 Å². The molecule has 1 rings (SSSR count). The van der Waals surface area contributed by atoms with Crippen LogP contribution in [0.3, 0.4) is 0 Å². The number of ether oxygens (including phenoxy) is 1. The summed E-state index contributed by atoms with van der Waals surface area (Å²) in [5, 5.41) is 2.83. The lowest BCUT2D eigenvalue weighted by Crippen LogP contribution is -2.29. The molecule has 0 saturated heterocycles. The molecule has 0 fully saturated rings. The van der Waals surface area contributed by atoms with Gasteiger partial charge in [0.2, 0.25) is 5.91 Å². The van der Waals surface area contributed by atoms with E-state index in [1.807, 2.05) is 32.0 Å². The summed E-state index contributed by atoms with van der Waals surface area (Å²) in [5.74, 6) is 0.780. The van der Waals surface area contributed by atoms with Gasteiger partial charge in [-0.15, -0.1) is 0 Å². The zero-order valence-corrected chi connectivity index (χ0v) is 10.6. The molecule has 0 radical (unpaired) electrons. The number of hydrogen-bond donors (Lipinski definition) is 2. The average molecular weight is 236 g/mol. The van der Waals surface area contributed by atoms with Gasteiger partial charge in [-0.3, -0.25) is 4.79 Å². The fourth-order valence-corrected chi connectivity index (χ4v) is 1.61. The van der Waals surface area contributed by atoms with E-state index < -0.39 is 0 Å². The van der Waals surface area contributed by atoms with Gasteiger partial charge in [0, 0.05) is 19.0 Å². The number of benzene rings is 1. The lowest BCUT2D eigenvalue weighted by Gasteiger charge is -2.09. The Balaban J connectivity index is 2.57. The van der Waals surface area contributed by atoms with Gasteiger partial charge in [-0.25, -0.2) is 0 Å². The fraction of sp³-hybridized carbons (Fsp3) is 0.462. The molecule has 1 atom stereocenters. The standard InChI is InChI=1S/C13H20N2O2/c1-9-4-11(7-12(5-9)17-3)8-15-13(16)6-10(2)14/h4-5,7,10H,6,8,14H2,1-3H3,(H,15,16). The van der Waals surface area contributed by atoms with Crippen LogP contribution in [-0.2, 0) is 11.3 Å². The van der Waals surface area contributed by atoms with Crippen LogP contribution < -0.4 is 15.8 Å².